The molecule has 1 amide bonds. The van der Waals surface area contributed by atoms with E-state index >= 15 is 0 Å². The summed E-state index contributed by atoms with van der Waals surface area (Å²) in [7, 11) is -3.43. The number of nitrogens with one attached hydrogen (secondary N) is 1. The van der Waals surface area contributed by atoms with Gasteiger partial charge in [-0.2, -0.15) is 0 Å². The third-order valence-electron chi connectivity index (χ3n) is 5.74. The van der Waals surface area contributed by atoms with Crippen molar-refractivity contribution >= 4 is 21.6 Å². The van der Waals surface area contributed by atoms with E-state index in [-0.39, 0.29) is 24.9 Å². The second kappa shape index (κ2) is 9.65. The summed E-state index contributed by atoms with van der Waals surface area (Å²) in [4.78, 5) is 12.5. The first-order valence-corrected chi connectivity index (χ1v) is 12.2. The molecule has 0 aliphatic carbocycles. The van der Waals surface area contributed by atoms with Crippen LogP contribution in [0.5, 0.6) is 0 Å². The molecular formula is C24H34N2O3S. The van der Waals surface area contributed by atoms with Crippen LogP contribution >= 0.6 is 0 Å². The largest absolute Gasteiger partial charge is 0.350 e. The molecule has 0 aliphatic rings. The first kappa shape index (κ1) is 23.9. The van der Waals surface area contributed by atoms with Crippen LogP contribution < -0.4 is 9.62 Å². The number of rotatable bonds is 8. The maximum absolute atomic E-state index is 12.5. The predicted molar refractivity (Wildman–Crippen MR) is 125 cm³/mol. The quantitative estimate of drug-likeness (QED) is 0.663. The number of benzene rings is 2. The molecule has 2 rings (SSSR count). The van der Waals surface area contributed by atoms with Crippen LogP contribution in [0, 0.1) is 34.6 Å². The summed E-state index contributed by atoms with van der Waals surface area (Å²) in [5.74, 6) is -0.0745. The van der Waals surface area contributed by atoms with Crippen molar-refractivity contribution in [1.82, 2.24) is 5.32 Å². The Labute approximate surface area is 181 Å². The molecule has 1 atom stereocenters. The fourth-order valence-electron chi connectivity index (χ4n) is 3.69. The average molecular weight is 431 g/mol. The Balaban J connectivity index is 2.03. The molecule has 6 heteroatoms. The Bertz CT molecular complexity index is 1030. The van der Waals surface area contributed by atoms with Gasteiger partial charge in [-0.05, 0) is 87.4 Å². The lowest BCUT2D eigenvalue weighted by Crippen LogP contribution is -2.33. The molecule has 5 nitrogen and oxygen atoms in total. The first-order valence-electron chi connectivity index (χ1n) is 10.3. The molecule has 30 heavy (non-hydrogen) atoms. The average Bonchev–Trinajstić information content (AvgIpc) is 2.63. The number of hydrogen-bond donors (Lipinski definition) is 1. The third-order valence-corrected chi connectivity index (χ3v) is 6.92. The number of amides is 1. The van der Waals surface area contributed by atoms with Gasteiger partial charge in [0, 0.05) is 13.0 Å². The number of carbonyl (C=O) groups excluding carboxylic acids is 1. The summed E-state index contributed by atoms with van der Waals surface area (Å²) in [5.41, 5.74) is 7.36. The van der Waals surface area contributed by atoms with Gasteiger partial charge in [-0.15, -0.1) is 0 Å². The minimum Gasteiger partial charge on any atom is -0.350 e. The van der Waals surface area contributed by atoms with Crippen molar-refractivity contribution in [3.8, 4) is 0 Å². The third kappa shape index (κ3) is 5.85. The van der Waals surface area contributed by atoms with E-state index in [9.17, 15) is 13.2 Å². The first-order chi connectivity index (χ1) is 13.9. The highest BCUT2D eigenvalue weighted by Gasteiger charge is 2.20. The summed E-state index contributed by atoms with van der Waals surface area (Å²) in [5, 5.41) is 3.05. The molecule has 0 saturated carbocycles. The number of hydrogen-bond acceptors (Lipinski definition) is 3. The van der Waals surface area contributed by atoms with Gasteiger partial charge >= 0.3 is 0 Å². The normalized spacial score (nSPS) is 12.5. The summed E-state index contributed by atoms with van der Waals surface area (Å²) >= 11 is 0. The molecule has 0 aliphatic heterocycles. The van der Waals surface area contributed by atoms with Crippen LogP contribution in [0.25, 0.3) is 0 Å². The monoisotopic (exact) mass is 430 g/mol. The van der Waals surface area contributed by atoms with Gasteiger partial charge in [-0.3, -0.25) is 9.10 Å². The van der Waals surface area contributed by atoms with Crippen molar-refractivity contribution in [1.29, 1.82) is 0 Å². The Kier molecular flexibility index (Phi) is 7.70. The van der Waals surface area contributed by atoms with Gasteiger partial charge < -0.3 is 5.32 Å². The van der Waals surface area contributed by atoms with Crippen LogP contribution in [0.4, 0.5) is 5.69 Å². The Morgan fingerprint density at radius 2 is 1.63 bits per heavy atom. The highest BCUT2D eigenvalue weighted by Crippen LogP contribution is 2.25. The minimum absolute atomic E-state index is 0.0745. The van der Waals surface area contributed by atoms with Gasteiger partial charge in [0.1, 0.15) is 0 Å². The highest BCUT2D eigenvalue weighted by atomic mass is 32.2. The number of carbonyl (C=O) groups is 1. The zero-order chi connectivity index (χ0) is 22.6. The molecule has 2 aromatic carbocycles. The molecular weight excluding hydrogens is 396 g/mol. The summed E-state index contributed by atoms with van der Waals surface area (Å²) in [6.45, 7) is 12.3. The van der Waals surface area contributed by atoms with Crippen molar-refractivity contribution in [2.45, 2.75) is 60.4 Å². The molecule has 0 spiro atoms. The molecule has 0 saturated heterocycles. The van der Waals surface area contributed by atoms with Crippen LogP contribution in [0.3, 0.4) is 0 Å². The fourth-order valence-corrected chi connectivity index (χ4v) is 4.71. The number of aryl methyl sites for hydroxylation is 4. The van der Waals surface area contributed by atoms with Crippen LogP contribution in [0.15, 0.2) is 30.3 Å². The SMILES string of the molecule is Cc1cc(C)c([C@@H](C)NC(=O)CCCN(c2cccc(C)c2C)S(C)(=O)=O)cc1C. The van der Waals surface area contributed by atoms with Gasteiger partial charge in [-0.1, -0.05) is 24.3 Å². The van der Waals surface area contributed by atoms with Gasteiger partial charge in [-0.25, -0.2) is 8.42 Å². The molecule has 0 heterocycles. The van der Waals surface area contributed by atoms with Crippen molar-refractivity contribution in [3.05, 3.63) is 63.7 Å². The summed E-state index contributed by atoms with van der Waals surface area (Å²) in [6, 6.07) is 9.80. The Morgan fingerprint density at radius 1 is 1.00 bits per heavy atom. The van der Waals surface area contributed by atoms with Crippen molar-refractivity contribution < 1.29 is 13.2 Å². The van der Waals surface area contributed by atoms with Gasteiger partial charge in [0.25, 0.3) is 0 Å². The van der Waals surface area contributed by atoms with Gasteiger partial charge in [0.2, 0.25) is 15.9 Å². The Hall–Kier alpha value is -2.34. The van der Waals surface area contributed by atoms with Crippen LogP contribution in [0.1, 0.15) is 59.2 Å². The zero-order valence-electron chi connectivity index (χ0n) is 19.2. The summed E-state index contributed by atoms with van der Waals surface area (Å²) in [6.07, 6.45) is 1.93. The topological polar surface area (TPSA) is 66.5 Å². The van der Waals surface area contributed by atoms with E-state index in [2.05, 4.69) is 38.2 Å². The van der Waals surface area contributed by atoms with E-state index in [0.29, 0.717) is 12.1 Å². The minimum atomic E-state index is -3.43. The molecule has 0 radical (unpaired) electrons. The molecule has 0 bridgehead atoms. The van der Waals surface area contributed by atoms with Crippen molar-refractivity contribution in [2.75, 3.05) is 17.1 Å². The highest BCUT2D eigenvalue weighted by molar-refractivity contribution is 7.92. The molecule has 164 valence electrons. The second-order valence-electron chi connectivity index (χ2n) is 8.24. The molecule has 0 unspecified atom stereocenters. The molecule has 1 N–H and O–H groups in total. The van der Waals surface area contributed by atoms with E-state index in [1.807, 2.05) is 39.0 Å². The van der Waals surface area contributed by atoms with Crippen molar-refractivity contribution in [3.63, 3.8) is 0 Å². The Morgan fingerprint density at radius 3 is 2.27 bits per heavy atom. The molecule has 2 aromatic rings. The zero-order valence-corrected chi connectivity index (χ0v) is 20.0. The van der Waals surface area contributed by atoms with Gasteiger partial charge in [0.05, 0.1) is 18.0 Å². The standard InChI is InChI=1S/C24H34N2O3S/c1-16-10-8-11-23(20(16)5)26(30(7,28)29)13-9-12-24(27)25-21(6)22-15-18(3)17(2)14-19(22)4/h8,10-11,14-15,21H,9,12-13H2,1-7H3,(H,25,27)/t21-/m1/s1. The fraction of sp³-hybridized carbons (Fsp3) is 0.458. The number of nitrogens with zero attached hydrogens (tertiary/aromatic N) is 1. The lowest BCUT2D eigenvalue weighted by Gasteiger charge is -2.25. The van der Waals surface area contributed by atoms with Crippen molar-refractivity contribution in [2.24, 2.45) is 0 Å². The van der Waals surface area contributed by atoms with Crippen LogP contribution in [-0.4, -0.2) is 27.1 Å². The predicted octanol–water partition coefficient (Wildman–Crippen LogP) is 4.65. The number of sulfonamides is 1. The molecule has 0 aromatic heterocycles. The van der Waals surface area contributed by atoms with Gasteiger partial charge in [0.15, 0.2) is 0 Å². The maximum Gasteiger partial charge on any atom is 0.232 e. The van der Waals surface area contributed by atoms with E-state index in [4.69, 9.17) is 0 Å². The van der Waals surface area contributed by atoms with E-state index in [0.717, 1.165) is 22.3 Å². The number of anilines is 1. The lowest BCUT2D eigenvalue weighted by atomic mass is 9.96. The molecule has 0 fully saturated rings. The summed E-state index contributed by atoms with van der Waals surface area (Å²) < 4.78 is 26.1. The maximum atomic E-state index is 12.5. The second-order valence-corrected chi connectivity index (χ2v) is 10.1. The lowest BCUT2D eigenvalue weighted by molar-refractivity contribution is -0.121. The van der Waals surface area contributed by atoms with Crippen LogP contribution in [0.2, 0.25) is 0 Å². The van der Waals surface area contributed by atoms with Crippen LogP contribution in [-0.2, 0) is 14.8 Å². The van der Waals surface area contributed by atoms with E-state index < -0.39 is 10.0 Å². The van der Waals surface area contributed by atoms with E-state index in [1.165, 1.54) is 21.7 Å². The smallest absolute Gasteiger partial charge is 0.232 e. The van der Waals surface area contributed by atoms with E-state index in [1.54, 1.807) is 0 Å².